The number of aromatic nitrogens is 1. The van der Waals surface area contributed by atoms with E-state index in [-0.39, 0.29) is 0 Å². The summed E-state index contributed by atoms with van der Waals surface area (Å²) in [6.45, 7) is 0. The van der Waals surface area contributed by atoms with E-state index in [9.17, 15) is 4.48 Å². The molecule has 0 bridgehead atoms. The Hall–Kier alpha value is -0.360. The molecule has 0 fully saturated rings. The Morgan fingerprint density at radius 3 is 2.57 bits per heavy atom. The van der Waals surface area contributed by atoms with Gasteiger partial charge in [-0.05, 0) is 11.4 Å². The summed E-state index contributed by atoms with van der Waals surface area (Å²) in [5, 5.41) is 0.863. The van der Waals surface area contributed by atoms with Gasteiger partial charge in [0.2, 0.25) is 0 Å². The van der Waals surface area contributed by atoms with Gasteiger partial charge in [0, 0.05) is 12.4 Å². The fraction of sp³-hybridized carbons (Fsp3) is 0. The molecule has 1 atom stereocenters. The predicted molar refractivity (Wildman–Crippen MR) is 30.3 cm³/mol. The van der Waals surface area contributed by atoms with Crippen LogP contribution in [0.15, 0.2) is 18.5 Å². The highest BCUT2D eigenvalue weighted by molar-refractivity contribution is 7.27. The maximum absolute atomic E-state index is 11.8. The van der Waals surface area contributed by atoms with Gasteiger partial charge in [-0.1, -0.05) is 4.48 Å². The van der Waals surface area contributed by atoms with Gasteiger partial charge in [0.25, 0.3) is 0 Å². The van der Waals surface area contributed by atoms with Crippen molar-refractivity contribution in [3.63, 3.8) is 0 Å². The predicted octanol–water partition coefficient (Wildman–Crippen LogP) is 0.721. The summed E-state index contributed by atoms with van der Waals surface area (Å²) >= 11 is 0. The molecular formula is C4H5FNP. The third kappa shape index (κ3) is 1.00. The average molecular weight is 117 g/mol. The molecular weight excluding hydrogens is 112 g/mol. The minimum absolute atomic E-state index is 0.516. The van der Waals surface area contributed by atoms with Crippen LogP contribution < -0.4 is 5.30 Å². The van der Waals surface area contributed by atoms with Crippen molar-refractivity contribution in [1.82, 2.24) is 4.79 Å². The molecule has 0 N–H and O–H groups in total. The fourth-order valence-electron chi connectivity index (χ4n) is 0.386. The minimum atomic E-state index is 0.516. The van der Waals surface area contributed by atoms with Crippen LogP contribution in [0.3, 0.4) is 0 Å². The Labute approximate surface area is 43.3 Å². The van der Waals surface area contributed by atoms with E-state index in [4.69, 9.17) is 0 Å². The van der Waals surface area contributed by atoms with Gasteiger partial charge in [-0.25, -0.2) is 0 Å². The van der Waals surface area contributed by atoms with Crippen LogP contribution in [0, 0.1) is 0 Å². The van der Waals surface area contributed by atoms with Crippen LogP contribution in [-0.2, 0) is 0 Å². The summed E-state index contributed by atoms with van der Waals surface area (Å²) in [6.07, 6.45) is 2.73. The molecule has 0 aliphatic carbocycles. The molecule has 0 amide bonds. The van der Waals surface area contributed by atoms with Gasteiger partial charge < -0.3 is 0 Å². The molecule has 7 heavy (non-hydrogen) atoms. The summed E-state index contributed by atoms with van der Waals surface area (Å²) in [4.78, 5) is 0.516. The van der Waals surface area contributed by atoms with Crippen molar-refractivity contribution in [3.8, 4) is 0 Å². The minimum Gasteiger partial charge on any atom is -0.194 e. The molecule has 0 aliphatic heterocycles. The zero-order valence-electron chi connectivity index (χ0n) is 3.63. The zero-order chi connectivity index (χ0) is 5.28. The Kier molecular flexibility index (Phi) is 1.11. The largest absolute Gasteiger partial charge is 0.194 e. The van der Waals surface area contributed by atoms with Gasteiger partial charge in [-0.2, -0.15) is 4.79 Å². The maximum atomic E-state index is 11.8. The topological polar surface area (TPSA) is 4.93 Å². The Morgan fingerprint density at radius 2 is 2.43 bits per heavy atom. The molecule has 1 heterocycles. The summed E-state index contributed by atoms with van der Waals surface area (Å²) in [5.74, 6) is 0. The van der Waals surface area contributed by atoms with Gasteiger partial charge in [0.15, 0.2) is 0 Å². The van der Waals surface area contributed by atoms with Crippen molar-refractivity contribution in [2.75, 3.05) is 0 Å². The van der Waals surface area contributed by atoms with E-state index in [1.807, 2.05) is 0 Å². The van der Waals surface area contributed by atoms with Crippen molar-refractivity contribution in [1.29, 1.82) is 0 Å². The lowest BCUT2D eigenvalue weighted by atomic mass is 10.7. The number of nitrogens with zero attached hydrogens (tertiary/aromatic N) is 1. The summed E-state index contributed by atoms with van der Waals surface area (Å²) < 4.78 is 11.8. The molecule has 0 radical (unpaired) electrons. The van der Waals surface area contributed by atoms with Crippen LogP contribution in [0.4, 0.5) is 4.48 Å². The lowest BCUT2D eigenvalue weighted by molar-refractivity contribution is 0.372. The van der Waals surface area contributed by atoms with Gasteiger partial charge in [0.1, 0.15) is 0 Å². The van der Waals surface area contributed by atoms with Crippen LogP contribution in [0.5, 0.6) is 0 Å². The van der Waals surface area contributed by atoms with Crippen molar-refractivity contribution in [2.45, 2.75) is 0 Å². The standard InChI is InChI=1S/C4H5FNP/c5-6-2-1-4(7)3-6/h1-3H,7H2. The van der Waals surface area contributed by atoms with E-state index < -0.39 is 0 Å². The molecule has 38 valence electrons. The molecule has 0 saturated heterocycles. The Bertz CT molecular complexity index is 144. The van der Waals surface area contributed by atoms with Crippen molar-refractivity contribution in [2.24, 2.45) is 0 Å². The normalized spacial score (nSPS) is 9.43. The van der Waals surface area contributed by atoms with Crippen LogP contribution in [0.1, 0.15) is 0 Å². The van der Waals surface area contributed by atoms with Gasteiger partial charge in [-0.15, -0.1) is 9.24 Å². The van der Waals surface area contributed by atoms with E-state index in [0.717, 1.165) is 5.30 Å². The maximum Gasteiger partial charge on any atom is 0.0450 e. The number of halogens is 1. The first kappa shape index (κ1) is 4.79. The summed E-state index contributed by atoms with van der Waals surface area (Å²) in [7, 11) is 2.39. The van der Waals surface area contributed by atoms with Gasteiger partial charge in [-0.3, -0.25) is 0 Å². The van der Waals surface area contributed by atoms with Crippen molar-refractivity contribution < 1.29 is 4.48 Å². The lowest BCUT2D eigenvalue weighted by Gasteiger charge is -1.74. The SMILES string of the molecule is Fn1ccc(P)c1. The number of hydrogen-bond donors (Lipinski definition) is 0. The highest BCUT2D eigenvalue weighted by Gasteiger charge is 1.83. The zero-order valence-corrected chi connectivity index (χ0v) is 4.79. The van der Waals surface area contributed by atoms with E-state index in [2.05, 4.69) is 9.24 Å². The quantitative estimate of drug-likeness (QED) is 0.441. The van der Waals surface area contributed by atoms with Crippen LogP contribution in [0.25, 0.3) is 0 Å². The van der Waals surface area contributed by atoms with E-state index in [0.29, 0.717) is 4.79 Å². The fourth-order valence-corrected chi connectivity index (χ4v) is 0.614. The second-order valence-corrected chi connectivity index (χ2v) is 1.96. The molecule has 0 saturated carbocycles. The highest BCUT2D eigenvalue weighted by Crippen LogP contribution is 1.89. The molecule has 3 heteroatoms. The third-order valence-electron chi connectivity index (χ3n) is 0.682. The molecule has 1 rings (SSSR count). The lowest BCUT2D eigenvalue weighted by Crippen LogP contribution is -1.79. The smallest absolute Gasteiger partial charge is 0.0450 e. The number of hydrogen-bond acceptors (Lipinski definition) is 0. The van der Waals surface area contributed by atoms with Crippen LogP contribution in [0.2, 0.25) is 0 Å². The summed E-state index contributed by atoms with van der Waals surface area (Å²) in [6, 6.07) is 1.67. The van der Waals surface area contributed by atoms with Crippen LogP contribution >= 0.6 is 9.24 Å². The second kappa shape index (κ2) is 1.63. The first-order valence-corrected chi connectivity index (χ1v) is 2.46. The molecule has 0 aromatic carbocycles. The Morgan fingerprint density at radius 1 is 1.71 bits per heavy atom. The highest BCUT2D eigenvalue weighted by atomic mass is 31.0. The second-order valence-electron chi connectivity index (χ2n) is 1.29. The van der Waals surface area contributed by atoms with Crippen LogP contribution in [-0.4, -0.2) is 4.79 Å². The summed E-state index contributed by atoms with van der Waals surface area (Å²) in [5.41, 5.74) is 0. The van der Waals surface area contributed by atoms with Gasteiger partial charge >= 0.3 is 0 Å². The van der Waals surface area contributed by atoms with E-state index >= 15 is 0 Å². The molecule has 1 unspecified atom stereocenters. The third-order valence-corrected chi connectivity index (χ3v) is 1.02. The van der Waals surface area contributed by atoms with Gasteiger partial charge in [0.05, 0.1) is 0 Å². The first-order chi connectivity index (χ1) is 3.29. The van der Waals surface area contributed by atoms with E-state index in [1.165, 1.54) is 12.4 Å². The molecule has 1 aromatic heterocycles. The average Bonchev–Trinajstić information content (AvgIpc) is 1.87. The Balaban J connectivity index is 3.04. The molecule has 1 nitrogen and oxygen atoms in total. The molecule has 0 spiro atoms. The van der Waals surface area contributed by atoms with E-state index in [1.54, 1.807) is 6.07 Å². The monoisotopic (exact) mass is 117 g/mol. The number of rotatable bonds is 0. The van der Waals surface area contributed by atoms with Crippen molar-refractivity contribution >= 4 is 14.5 Å². The first-order valence-electron chi connectivity index (χ1n) is 1.88. The van der Waals surface area contributed by atoms with Crippen molar-refractivity contribution in [3.05, 3.63) is 18.5 Å². The molecule has 0 aliphatic rings. The molecule has 1 aromatic rings.